The summed E-state index contributed by atoms with van der Waals surface area (Å²) in [5, 5.41) is 2.69. The molecule has 0 spiro atoms. The maximum absolute atomic E-state index is 12.3. The van der Waals surface area contributed by atoms with Gasteiger partial charge in [-0.15, -0.1) is 0 Å². The fraction of sp³-hybridized carbons (Fsp3) is 0.250. The molecule has 0 aliphatic carbocycles. The summed E-state index contributed by atoms with van der Waals surface area (Å²) in [6.45, 7) is 1.11. The monoisotopic (exact) mass is 300 g/mol. The van der Waals surface area contributed by atoms with Gasteiger partial charge < -0.3 is 9.15 Å². The van der Waals surface area contributed by atoms with E-state index in [0.717, 1.165) is 5.56 Å². The highest BCUT2D eigenvalue weighted by Gasteiger charge is 2.33. The van der Waals surface area contributed by atoms with Crippen molar-refractivity contribution in [3.8, 4) is 0 Å². The third-order valence-electron chi connectivity index (χ3n) is 3.41. The molecule has 0 N–H and O–H groups in total. The van der Waals surface area contributed by atoms with Gasteiger partial charge in [0.2, 0.25) is 0 Å². The number of rotatable bonds is 3. The Kier molecular flexibility index (Phi) is 4.09. The maximum atomic E-state index is 12.3. The SMILES string of the molecule is O=C(OCc1ccccc1)N1CCCN1C(=O)c1ccco1. The summed E-state index contributed by atoms with van der Waals surface area (Å²) in [5.41, 5.74) is 0.902. The molecule has 114 valence electrons. The van der Waals surface area contributed by atoms with Crippen molar-refractivity contribution >= 4 is 12.0 Å². The molecule has 6 heteroatoms. The van der Waals surface area contributed by atoms with E-state index in [9.17, 15) is 9.59 Å². The molecule has 0 atom stereocenters. The molecule has 0 radical (unpaired) electrons. The molecular weight excluding hydrogens is 284 g/mol. The van der Waals surface area contributed by atoms with Gasteiger partial charge in [0.25, 0.3) is 0 Å². The molecular formula is C16H16N2O4. The molecule has 6 nitrogen and oxygen atoms in total. The average Bonchev–Trinajstić information content (AvgIpc) is 3.24. The highest BCUT2D eigenvalue weighted by atomic mass is 16.6. The van der Waals surface area contributed by atoms with Crippen LogP contribution in [0.3, 0.4) is 0 Å². The third kappa shape index (κ3) is 2.95. The summed E-state index contributed by atoms with van der Waals surface area (Å²) in [6, 6.07) is 12.6. The summed E-state index contributed by atoms with van der Waals surface area (Å²) in [7, 11) is 0. The van der Waals surface area contributed by atoms with Crippen molar-refractivity contribution in [2.24, 2.45) is 0 Å². The first-order valence-corrected chi connectivity index (χ1v) is 7.09. The smallest absolute Gasteiger partial charge is 0.429 e. The van der Waals surface area contributed by atoms with Crippen molar-refractivity contribution in [1.29, 1.82) is 0 Å². The molecule has 0 saturated carbocycles. The fourth-order valence-electron chi connectivity index (χ4n) is 2.33. The van der Waals surface area contributed by atoms with Crippen molar-refractivity contribution in [3.63, 3.8) is 0 Å². The van der Waals surface area contributed by atoms with Crippen LogP contribution in [0.4, 0.5) is 4.79 Å². The molecule has 1 aliphatic heterocycles. The molecule has 2 heterocycles. The zero-order valence-corrected chi connectivity index (χ0v) is 12.0. The highest BCUT2D eigenvalue weighted by molar-refractivity contribution is 5.92. The predicted molar refractivity (Wildman–Crippen MR) is 77.7 cm³/mol. The molecule has 2 aromatic rings. The molecule has 1 aliphatic rings. The van der Waals surface area contributed by atoms with Crippen LogP contribution in [-0.2, 0) is 11.3 Å². The minimum absolute atomic E-state index is 0.180. The number of hydrogen-bond acceptors (Lipinski definition) is 4. The van der Waals surface area contributed by atoms with Crippen LogP contribution in [0.25, 0.3) is 0 Å². The second-order valence-electron chi connectivity index (χ2n) is 4.92. The van der Waals surface area contributed by atoms with Crippen LogP contribution in [0.2, 0.25) is 0 Å². The van der Waals surface area contributed by atoms with Gasteiger partial charge >= 0.3 is 12.0 Å². The lowest BCUT2D eigenvalue weighted by Gasteiger charge is -2.26. The largest absolute Gasteiger partial charge is 0.459 e. The van der Waals surface area contributed by atoms with Crippen LogP contribution >= 0.6 is 0 Å². The zero-order chi connectivity index (χ0) is 15.4. The van der Waals surface area contributed by atoms with E-state index in [2.05, 4.69) is 0 Å². The second kappa shape index (κ2) is 6.34. The third-order valence-corrected chi connectivity index (χ3v) is 3.41. The normalized spacial score (nSPS) is 14.2. The minimum Gasteiger partial charge on any atom is -0.459 e. The number of amides is 2. The Hall–Kier alpha value is -2.76. The molecule has 1 fully saturated rings. The van der Waals surface area contributed by atoms with Crippen LogP contribution in [0.15, 0.2) is 53.1 Å². The number of carbonyl (C=O) groups excluding carboxylic acids is 2. The number of carbonyl (C=O) groups is 2. The lowest BCUT2D eigenvalue weighted by Crippen LogP contribution is -2.44. The summed E-state index contributed by atoms with van der Waals surface area (Å²) in [6.07, 6.45) is 1.62. The Morgan fingerprint density at radius 3 is 2.55 bits per heavy atom. The Balaban J connectivity index is 1.62. The van der Waals surface area contributed by atoms with Crippen molar-refractivity contribution < 1.29 is 18.7 Å². The lowest BCUT2D eigenvalue weighted by molar-refractivity contribution is 0.00908. The Labute approximate surface area is 127 Å². The van der Waals surface area contributed by atoms with Gasteiger partial charge in [-0.3, -0.25) is 4.79 Å². The molecule has 0 unspecified atom stereocenters. The molecule has 3 rings (SSSR count). The van der Waals surface area contributed by atoms with Crippen molar-refractivity contribution in [3.05, 3.63) is 60.1 Å². The van der Waals surface area contributed by atoms with E-state index in [1.54, 1.807) is 12.1 Å². The lowest BCUT2D eigenvalue weighted by atomic mass is 10.2. The van der Waals surface area contributed by atoms with Gasteiger partial charge in [-0.1, -0.05) is 30.3 Å². The predicted octanol–water partition coefficient (Wildman–Crippen LogP) is 2.68. The van der Waals surface area contributed by atoms with Crippen molar-refractivity contribution in [1.82, 2.24) is 10.0 Å². The van der Waals surface area contributed by atoms with Crippen molar-refractivity contribution in [2.75, 3.05) is 13.1 Å². The van der Waals surface area contributed by atoms with Gasteiger partial charge in [-0.2, -0.15) is 0 Å². The maximum Gasteiger partial charge on any atom is 0.429 e. The Morgan fingerprint density at radius 2 is 1.82 bits per heavy atom. The quantitative estimate of drug-likeness (QED) is 0.874. The zero-order valence-electron chi connectivity index (χ0n) is 12.0. The van der Waals surface area contributed by atoms with Gasteiger partial charge in [-0.05, 0) is 24.1 Å². The number of benzene rings is 1. The van der Waals surface area contributed by atoms with E-state index >= 15 is 0 Å². The molecule has 0 bridgehead atoms. The molecule has 1 aromatic carbocycles. The standard InChI is InChI=1S/C16H16N2O4/c19-15(14-8-4-11-21-14)17-9-5-10-18(17)16(20)22-12-13-6-2-1-3-7-13/h1-4,6-8,11H,5,9-10,12H2. The van der Waals surface area contributed by atoms with E-state index in [1.165, 1.54) is 16.3 Å². The first-order chi connectivity index (χ1) is 10.8. The second-order valence-corrected chi connectivity index (χ2v) is 4.92. The van der Waals surface area contributed by atoms with E-state index < -0.39 is 6.09 Å². The number of hydrogen-bond donors (Lipinski definition) is 0. The summed E-state index contributed by atoms with van der Waals surface area (Å²) < 4.78 is 10.4. The van der Waals surface area contributed by atoms with E-state index in [1.807, 2.05) is 30.3 Å². The number of hydrazine groups is 1. The van der Waals surface area contributed by atoms with Crippen LogP contribution in [0, 0.1) is 0 Å². The van der Waals surface area contributed by atoms with Crippen LogP contribution in [0.1, 0.15) is 22.5 Å². The number of ether oxygens (including phenoxy) is 1. The van der Waals surface area contributed by atoms with Crippen molar-refractivity contribution in [2.45, 2.75) is 13.0 Å². The molecule has 22 heavy (non-hydrogen) atoms. The minimum atomic E-state index is -0.527. The highest BCUT2D eigenvalue weighted by Crippen LogP contribution is 2.17. The fourth-order valence-corrected chi connectivity index (χ4v) is 2.33. The number of furan rings is 1. The summed E-state index contributed by atoms with van der Waals surface area (Å²) in [4.78, 5) is 24.5. The Morgan fingerprint density at radius 1 is 1.05 bits per heavy atom. The van der Waals surface area contributed by atoms with E-state index in [4.69, 9.17) is 9.15 Å². The molecule has 1 aromatic heterocycles. The number of nitrogens with zero attached hydrogens (tertiary/aromatic N) is 2. The van der Waals surface area contributed by atoms with E-state index in [-0.39, 0.29) is 18.3 Å². The topological polar surface area (TPSA) is 63.0 Å². The van der Waals surface area contributed by atoms with Gasteiger partial charge in [0.05, 0.1) is 6.26 Å². The van der Waals surface area contributed by atoms with Gasteiger partial charge in [0, 0.05) is 13.1 Å². The van der Waals surface area contributed by atoms with E-state index in [0.29, 0.717) is 19.5 Å². The van der Waals surface area contributed by atoms with Gasteiger partial charge in [-0.25, -0.2) is 14.8 Å². The van der Waals surface area contributed by atoms with Gasteiger partial charge in [0.15, 0.2) is 5.76 Å². The van der Waals surface area contributed by atoms with Crippen LogP contribution in [-0.4, -0.2) is 35.1 Å². The Bertz CT molecular complexity index is 639. The van der Waals surface area contributed by atoms with Crippen LogP contribution < -0.4 is 0 Å². The first-order valence-electron chi connectivity index (χ1n) is 7.09. The molecule has 1 saturated heterocycles. The van der Waals surface area contributed by atoms with Gasteiger partial charge in [0.1, 0.15) is 6.61 Å². The first kappa shape index (κ1) is 14.2. The summed E-state index contributed by atoms with van der Waals surface area (Å²) >= 11 is 0. The average molecular weight is 300 g/mol. The van der Waals surface area contributed by atoms with Crippen LogP contribution in [0.5, 0.6) is 0 Å². The molecule has 2 amide bonds. The summed E-state index contributed by atoms with van der Waals surface area (Å²) in [5.74, 6) is -0.123.